The van der Waals surface area contributed by atoms with Gasteiger partial charge in [-0.05, 0) is 49.8 Å². The first-order valence-corrected chi connectivity index (χ1v) is 7.54. The topological polar surface area (TPSA) is 55.6 Å². The van der Waals surface area contributed by atoms with Crippen molar-refractivity contribution < 1.29 is 13.9 Å². The van der Waals surface area contributed by atoms with Gasteiger partial charge in [-0.25, -0.2) is 9.18 Å². The summed E-state index contributed by atoms with van der Waals surface area (Å²) in [6.07, 6.45) is 2.78. The van der Waals surface area contributed by atoms with Gasteiger partial charge in [-0.1, -0.05) is 6.07 Å². The Morgan fingerprint density at radius 1 is 1.52 bits per heavy atom. The lowest BCUT2D eigenvalue weighted by molar-refractivity contribution is -0.150. The molecule has 1 heterocycles. The molecule has 0 aromatic heterocycles. The van der Waals surface area contributed by atoms with E-state index in [-0.39, 0.29) is 17.7 Å². The quantitative estimate of drug-likeness (QED) is 0.842. The molecule has 1 aliphatic heterocycles. The van der Waals surface area contributed by atoms with Crippen molar-refractivity contribution in [2.45, 2.75) is 31.7 Å². The van der Waals surface area contributed by atoms with E-state index in [1.165, 1.54) is 12.1 Å². The first kappa shape index (κ1) is 14.3. The van der Waals surface area contributed by atoms with E-state index >= 15 is 0 Å². The normalized spacial score (nSPS) is 20.0. The predicted octanol–water partition coefficient (Wildman–Crippen LogP) is 1.86. The van der Waals surface area contributed by atoms with Crippen LogP contribution >= 0.6 is 0 Å². The molecule has 1 unspecified atom stereocenters. The van der Waals surface area contributed by atoms with Gasteiger partial charge in [0, 0.05) is 18.8 Å². The molecule has 2 N–H and O–H groups in total. The van der Waals surface area contributed by atoms with Crippen LogP contribution in [-0.2, 0) is 16.0 Å². The molecule has 1 aromatic rings. The van der Waals surface area contributed by atoms with Crippen LogP contribution in [0.1, 0.15) is 25.3 Å². The summed E-state index contributed by atoms with van der Waals surface area (Å²) in [7, 11) is 0. The van der Waals surface area contributed by atoms with Crippen LogP contribution in [-0.4, -0.2) is 31.2 Å². The molecule has 0 bridgehead atoms. The van der Waals surface area contributed by atoms with Gasteiger partial charge in [-0.3, -0.25) is 0 Å². The number of fused-ring (bicyclic) bond motifs is 1. The standard InChI is InChI=1S/C16H21FN2O2/c1-2-21-15(20)16(18,12-4-5-12)10-19-8-7-11-3-6-13(17)9-14(11)19/h3,6,9,12H,2,4-5,7-8,10,18H2,1H3. The fourth-order valence-corrected chi connectivity index (χ4v) is 3.12. The first-order valence-electron chi connectivity index (χ1n) is 7.54. The highest BCUT2D eigenvalue weighted by molar-refractivity contribution is 5.83. The van der Waals surface area contributed by atoms with Crippen LogP contribution in [0.2, 0.25) is 0 Å². The molecule has 0 spiro atoms. The number of nitrogens with zero attached hydrogens (tertiary/aromatic N) is 1. The van der Waals surface area contributed by atoms with Gasteiger partial charge in [0.15, 0.2) is 0 Å². The number of ether oxygens (including phenoxy) is 1. The van der Waals surface area contributed by atoms with Crippen molar-refractivity contribution in [2.24, 2.45) is 11.7 Å². The average molecular weight is 292 g/mol. The van der Waals surface area contributed by atoms with Crippen LogP contribution in [0.4, 0.5) is 10.1 Å². The molecule has 4 nitrogen and oxygen atoms in total. The summed E-state index contributed by atoms with van der Waals surface area (Å²) in [5.74, 6) is -0.419. The minimum atomic E-state index is -0.982. The zero-order valence-corrected chi connectivity index (χ0v) is 12.3. The molecular formula is C16H21FN2O2. The highest BCUT2D eigenvalue weighted by atomic mass is 19.1. The van der Waals surface area contributed by atoms with Crippen LogP contribution in [0.3, 0.4) is 0 Å². The molecule has 2 aliphatic rings. The number of esters is 1. The third-order valence-electron chi connectivity index (χ3n) is 4.45. The second-order valence-electron chi connectivity index (χ2n) is 5.98. The van der Waals surface area contributed by atoms with Gasteiger partial charge in [-0.15, -0.1) is 0 Å². The van der Waals surface area contributed by atoms with Crippen LogP contribution in [0.25, 0.3) is 0 Å². The highest BCUT2D eigenvalue weighted by Gasteiger charge is 2.50. The summed E-state index contributed by atoms with van der Waals surface area (Å²) in [4.78, 5) is 14.3. The molecule has 1 fully saturated rings. The van der Waals surface area contributed by atoms with Crippen molar-refractivity contribution in [3.63, 3.8) is 0 Å². The Bertz CT molecular complexity index is 559. The molecule has 3 rings (SSSR count). The molecule has 0 radical (unpaired) electrons. The molecule has 21 heavy (non-hydrogen) atoms. The number of rotatable bonds is 5. The van der Waals surface area contributed by atoms with Gasteiger partial charge >= 0.3 is 5.97 Å². The summed E-state index contributed by atoms with van der Waals surface area (Å²) in [6, 6.07) is 4.81. The fourth-order valence-electron chi connectivity index (χ4n) is 3.12. The first-order chi connectivity index (χ1) is 10.0. The van der Waals surface area contributed by atoms with Crippen LogP contribution in [0, 0.1) is 11.7 Å². The van der Waals surface area contributed by atoms with Crippen LogP contribution in [0.15, 0.2) is 18.2 Å². The summed E-state index contributed by atoms with van der Waals surface area (Å²) in [5, 5.41) is 0. The van der Waals surface area contributed by atoms with Gasteiger partial charge in [0.25, 0.3) is 0 Å². The van der Waals surface area contributed by atoms with Crippen molar-refractivity contribution in [2.75, 3.05) is 24.6 Å². The Hall–Kier alpha value is -1.62. The maximum absolute atomic E-state index is 13.5. The summed E-state index contributed by atoms with van der Waals surface area (Å²) >= 11 is 0. The van der Waals surface area contributed by atoms with Gasteiger partial charge in [0.05, 0.1) is 6.61 Å². The number of carbonyl (C=O) groups excluding carboxylic acids is 1. The Morgan fingerprint density at radius 3 is 2.95 bits per heavy atom. The minimum Gasteiger partial charge on any atom is -0.465 e. The fraction of sp³-hybridized carbons (Fsp3) is 0.562. The maximum Gasteiger partial charge on any atom is 0.328 e. The Labute approximate surface area is 124 Å². The van der Waals surface area contributed by atoms with Crippen molar-refractivity contribution in [1.82, 2.24) is 0 Å². The van der Waals surface area contributed by atoms with E-state index in [0.29, 0.717) is 13.2 Å². The SMILES string of the molecule is CCOC(=O)C(N)(CN1CCc2ccc(F)cc21)C1CC1. The van der Waals surface area contributed by atoms with Gasteiger partial charge < -0.3 is 15.4 Å². The van der Waals surface area contributed by atoms with Crippen LogP contribution in [0.5, 0.6) is 0 Å². The van der Waals surface area contributed by atoms with Gasteiger partial charge in [-0.2, -0.15) is 0 Å². The Balaban J connectivity index is 1.82. The van der Waals surface area contributed by atoms with Crippen molar-refractivity contribution in [1.29, 1.82) is 0 Å². The lowest BCUT2D eigenvalue weighted by Crippen LogP contribution is -2.58. The van der Waals surface area contributed by atoms with Gasteiger partial charge in [0.1, 0.15) is 11.4 Å². The summed E-state index contributed by atoms with van der Waals surface area (Å²) in [6.45, 7) is 3.28. The maximum atomic E-state index is 13.5. The van der Waals surface area contributed by atoms with Crippen LogP contribution < -0.4 is 10.6 Å². The number of anilines is 1. The molecule has 114 valence electrons. The largest absolute Gasteiger partial charge is 0.465 e. The number of halogens is 1. The zero-order valence-electron chi connectivity index (χ0n) is 12.3. The third-order valence-corrected chi connectivity index (χ3v) is 4.45. The number of carbonyl (C=O) groups is 1. The van der Waals surface area contributed by atoms with E-state index in [9.17, 15) is 9.18 Å². The van der Waals surface area contributed by atoms with E-state index in [1.54, 1.807) is 6.92 Å². The number of nitrogens with two attached hydrogens (primary N) is 1. The minimum absolute atomic E-state index is 0.175. The molecule has 1 aromatic carbocycles. The van der Waals surface area contributed by atoms with Crippen molar-refractivity contribution >= 4 is 11.7 Å². The monoisotopic (exact) mass is 292 g/mol. The highest BCUT2D eigenvalue weighted by Crippen LogP contribution is 2.41. The number of hydrogen-bond donors (Lipinski definition) is 1. The molecule has 0 saturated heterocycles. The molecule has 1 saturated carbocycles. The van der Waals surface area contributed by atoms with E-state index in [0.717, 1.165) is 37.1 Å². The molecule has 5 heteroatoms. The number of hydrogen-bond acceptors (Lipinski definition) is 4. The van der Waals surface area contributed by atoms with Crippen molar-refractivity contribution in [3.8, 4) is 0 Å². The molecule has 1 atom stereocenters. The zero-order chi connectivity index (χ0) is 15.0. The smallest absolute Gasteiger partial charge is 0.328 e. The van der Waals surface area contributed by atoms with Gasteiger partial charge in [0.2, 0.25) is 0 Å². The Kier molecular flexibility index (Phi) is 3.61. The van der Waals surface area contributed by atoms with Crippen molar-refractivity contribution in [3.05, 3.63) is 29.6 Å². The average Bonchev–Trinajstić information content (AvgIpc) is 3.24. The second kappa shape index (κ2) is 5.30. The molecular weight excluding hydrogens is 271 g/mol. The molecule has 1 aliphatic carbocycles. The van der Waals surface area contributed by atoms with E-state index in [4.69, 9.17) is 10.5 Å². The predicted molar refractivity (Wildman–Crippen MR) is 78.6 cm³/mol. The Morgan fingerprint density at radius 2 is 2.29 bits per heavy atom. The lowest BCUT2D eigenvalue weighted by atomic mass is 9.93. The lowest BCUT2D eigenvalue weighted by Gasteiger charge is -2.33. The van der Waals surface area contributed by atoms with E-state index in [2.05, 4.69) is 0 Å². The van der Waals surface area contributed by atoms with E-state index < -0.39 is 5.54 Å². The second-order valence-corrected chi connectivity index (χ2v) is 5.98. The summed E-state index contributed by atoms with van der Waals surface area (Å²) < 4.78 is 18.6. The molecule has 0 amide bonds. The number of benzene rings is 1. The van der Waals surface area contributed by atoms with E-state index in [1.807, 2.05) is 11.0 Å². The summed E-state index contributed by atoms with van der Waals surface area (Å²) in [5.41, 5.74) is 7.38. The third kappa shape index (κ3) is 2.62.